The summed E-state index contributed by atoms with van der Waals surface area (Å²) in [5, 5.41) is 22.4. The van der Waals surface area contributed by atoms with Crippen molar-refractivity contribution in [2.45, 2.75) is 147 Å². The van der Waals surface area contributed by atoms with Crippen LogP contribution in [-0.4, -0.2) is 138 Å². The van der Waals surface area contributed by atoms with Crippen LogP contribution in [0.4, 0.5) is 19.2 Å². The van der Waals surface area contributed by atoms with E-state index in [0.717, 1.165) is 11.1 Å². The number of piperidine rings is 1. The van der Waals surface area contributed by atoms with E-state index < -0.39 is 70.2 Å². The molecule has 61 heavy (non-hydrogen) atoms. The van der Waals surface area contributed by atoms with E-state index in [0.29, 0.717) is 31.6 Å². The number of ether oxygens (including phenoxy) is 5. The maximum Gasteiger partial charge on any atom is 0.415 e. The average molecular weight is 858 g/mol. The molecule has 2 fully saturated rings. The molecule has 2 aliphatic heterocycles. The first-order valence-corrected chi connectivity index (χ1v) is 20.8. The average Bonchev–Trinajstić information content (AvgIpc) is 3.47. The number of hydrogen-bond acceptors (Lipinski definition) is 14. The van der Waals surface area contributed by atoms with Gasteiger partial charge in [-0.1, -0.05) is 6.07 Å². The highest BCUT2D eigenvalue weighted by atomic mass is 16.6. The Kier molecular flexibility index (Phi) is 13.6. The number of likely N-dealkylation sites (N-methyl/N-ethyl adjacent to an activating group) is 2. The van der Waals surface area contributed by atoms with Crippen LogP contribution in [0.25, 0.3) is 0 Å². The lowest BCUT2D eigenvalue weighted by molar-refractivity contribution is -0.185. The van der Waals surface area contributed by atoms with Crippen molar-refractivity contribution in [3.63, 3.8) is 0 Å². The highest BCUT2D eigenvalue weighted by Gasteiger charge is 2.73. The van der Waals surface area contributed by atoms with E-state index in [4.69, 9.17) is 23.7 Å². The van der Waals surface area contributed by atoms with Crippen molar-refractivity contribution in [2.24, 2.45) is 4.99 Å². The molecule has 5 atom stereocenters. The van der Waals surface area contributed by atoms with Crippen LogP contribution in [-0.2, 0) is 35.6 Å². The van der Waals surface area contributed by atoms with Crippen LogP contribution in [0, 0.1) is 0 Å². The van der Waals surface area contributed by atoms with E-state index >= 15 is 0 Å². The Morgan fingerprint density at radius 1 is 0.951 bits per heavy atom. The van der Waals surface area contributed by atoms with E-state index in [1.54, 1.807) is 68.4 Å². The maximum absolute atomic E-state index is 13.5. The number of likely N-dealkylation sites (tertiary alicyclic amines) is 1. The fourth-order valence-corrected chi connectivity index (χ4v) is 8.45. The number of nitrogens with one attached hydrogen (secondary N) is 4. The van der Waals surface area contributed by atoms with Gasteiger partial charge < -0.3 is 49.2 Å². The van der Waals surface area contributed by atoms with Gasteiger partial charge >= 0.3 is 24.4 Å². The molecule has 5 N–H and O–H groups in total. The smallest absolute Gasteiger partial charge is 0.415 e. The third-order valence-electron chi connectivity index (χ3n) is 10.9. The quantitative estimate of drug-likeness (QED) is 0.0980. The standard InChI is InChI=1S/C42H63N7O12/c1-38(2,3)59-34(52)45-25(13-12-19-44-33(46-35(53)60-39(4,5)6)47-36(54)61-40(7,8)9)32(51)43-20-22-49(11)37(55)57-27-15-14-24-23-28-42(56)17-16-26(50)31-41(42,18-21-48(28)10)29(24)30(27)58-31/h14-15,25,28,31,56H,12-13,16-23H2,1-11H3,(H,43,51)(H,45,52)(H2,44,46,47,53,54)/t25-,28+,31-,41-,42+/m0/s1. The van der Waals surface area contributed by atoms with Crippen LogP contribution in [0.1, 0.15) is 106 Å². The first kappa shape index (κ1) is 46.9. The summed E-state index contributed by atoms with van der Waals surface area (Å²) in [4.78, 5) is 85.6. The first-order valence-electron chi connectivity index (χ1n) is 20.8. The van der Waals surface area contributed by atoms with Crippen molar-refractivity contribution in [1.29, 1.82) is 0 Å². The van der Waals surface area contributed by atoms with Crippen LogP contribution in [0.3, 0.4) is 0 Å². The number of amides is 5. The molecule has 0 radical (unpaired) electrons. The lowest BCUT2D eigenvalue weighted by Crippen LogP contribution is -2.76. The van der Waals surface area contributed by atoms with Crippen molar-refractivity contribution in [2.75, 3.05) is 40.3 Å². The highest BCUT2D eigenvalue weighted by molar-refractivity contribution is 6.01. The highest BCUT2D eigenvalue weighted by Crippen LogP contribution is 2.64. The Morgan fingerprint density at radius 3 is 2.16 bits per heavy atom. The molecule has 1 aromatic rings. The minimum atomic E-state index is -1.17. The van der Waals surface area contributed by atoms with Crippen molar-refractivity contribution in [3.05, 3.63) is 23.3 Å². The fraction of sp³-hybridized carbons (Fsp3) is 0.690. The lowest BCUT2D eigenvalue weighted by atomic mass is 9.49. The summed E-state index contributed by atoms with van der Waals surface area (Å²) in [5.74, 6) is -0.431. The zero-order chi connectivity index (χ0) is 45.3. The number of nitrogens with zero attached hydrogens (tertiary/aromatic N) is 3. The van der Waals surface area contributed by atoms with Crippen molar-refractivity contribution >= 4 is 42.0 Å². The first-order chi connectivity index (χ1) is 28.2. The molecular weight excluding hydrogens is 794 g/mol. The number of aliphatic imine (C=N–C) groups is 1. The summed E-state index contributed by atoms with van der Waals surface area (Å²) in [5.41, 5.74) is -2.88. The molecular formula is C42H63N7O12. The van der Waals surface area contributed by atoms with Crippen molar-refractivity contribution in [3.8, 4) is 11.5 Å². The normalized spacial score (nSPS) is 23.2. The Labute approximate surface area is 356 Å². The van der Waals surface area contributed by atoms with Gasteiger partial charge in [-0.05, 0) is 120 Å². The summed E-state index contributed by atoms with van der Waals surface area (Å²) < 4.78 is 28.1. The molecule has 1 spiro atoms. The van der Waals surface area contributed by atoms with Gasteiger partial charge in [0.2, 0.25) is 11.9 Å². The minimum Gasteiger partial charge on any atom is -0.477 e. The molecule has 5 amide bonds. The van der Waals surface area contributed by atoms with Gasteiger partial charge in [-0.3, -0.25) is 25.2 Å². The van der Waals surface area contributed by atoms with Gasteiger partial charge in [0.15, 0.2) is 23.4 Å². The van der Waals surface area contributed by atoms with Crippen LogP contribution in [0.15, 0.2) is 17.1 Å². The molecule has 1 saturated carbocycles. The summed E-state index contributed by atoms with van der Waals surface area (Å²) in [6.07, 6.45) is -2.27. The predicted molar refractivity (Wildman–Crippen MR) is 222 cm³/mol. The molecule has 338 valence electrons. The van der Waals surface area contributed by atoms with Crippen LogP contribution < -0.4 is 30.7 Å². The summed E-state index contributed by atoms with van der Waals surface area (Å²) in [6.45, 7) is 15.8. The SMILES string of the molecule is CN(CCNC(=O)[C@H](CCCN=C(NC(=O)OC(C)(C)C)NC(=O)OC(C)(C)C)NC(=O)OC(C)(C)C)C(=O)Oc1ccc2c3c1O[C@H]1C(=O)CC[C@@]4(O)[C@@H](C2)N(C)CC[C@]314. The molecule has 19 heteroatoms. The molecule has 2 bridgehead atoms. The van der Waals surface area contributed by atoms with Crippen molar-refractivity contribution < 1.29 is 57.6 Å². The molecule has 4 aliphatic rings. The fourth-order valence-electron chi connectivity index (χ4n) is 8.45. The number of rotatable bonds is 10. The van der Waals surface area contributed by atoms with Gasteiger partial charge in [-0.15, -0.1) is 0 Å². The van der Waals surface area contributed by atoms with Gasteiger partial charge in [0.25, 0.3) is 0 Å². The molecule has 5 rings (SSSR count). The molecule has 1 saturated heterocycles. The number of aliphatic hydroxyl groups is 1. The number of benzene rings is 1. The summed E-state index contributed by atoms with van der Waals surface area (Å²) in [6, 6.07) is 2.26. The minimum absolute atomic E-state index is 0.00335. The van der Waals surface area contributed by atoms with E-state index in [9.17, 15) is 33.9 Å². The summed E-state index contributed by atoms with van der Waals surface area (Å²) >= 11 is 0. The molecule has 2 heterocycles. The molecule has 19 nitrogen and oxygen atoms in total. The number of carbonyl (C=O) groups is 6. The monoisotopic (exact) mass is 857 g/mol. The number of alkyl carbamates (subject to hydrolysis) is 3. The van der Waals surface area contributed by atoms with Crippen LogP contribution in [0.2, 0.25) is 0 Å². The second-order valence-electron chi connectivity index (χ2n) is 19.1. The lowest BCUT2D eigenvalue weighted by Gasteiger charge is -2.62. The molecule has 1 aromatic carbocycles. The molecule has 0 aromatic heterocycles. The van der Waals surface area contributed by atoms with Gasteiger partial charge in [0.1, 0.15) is 22.8 Å². The Hall–Kier alpha value is -5.17. The second-order valence-corrected chi connectivity index (χ2v) is 19.1. The van der Waals surface area contributed by atoms with Gasteiger partial charge in [0.05, 0.1) is 11.0 Å². The molecule has 0 unspecified atom stereocenters. The van der Waals surface area contributed by atoms with Gasteiger partial charge in [0, 0.05) is 44.7 Å². The molecule has 2 aliphatic carbocycles. The summed E-state index contributed by atoms with van der Waals surface area (Å²) in [7, 11) is 3.49. The largest absolute Gasteiger partial charge is 0.477 e. The maximum atomic E-state index is 13.5. The van der Waals surface area contributed by atoms with E-state index in [1.807, 2.05) is 13.1 Å². The number of guanidine groups is 1. The number of Topliss-reactive ketones (excluding diaryl/α,β-unsaturated/α-hetero) is 1. The number of hydrogen-bond donors (Lipinski definition) is 5. The van der Waals surface area contributed by atoms with E-state index in [2.05, 4.69) is 31.2 Å². The zero-order valence-electron chi connectivity index (χ0n) is 37.2. The zero-order valence-corrected chi connectivity index (χ0v) is 37.2. The number of carbonyl (C=O) groups excluding carboxylic acids is 6. The Balaban J connectivity index is 1.21. The number of ketones is 1. The predicted octanol–water partition coefficient (Wildman–Crippen LogP) is 3.67. The third kappa shape index (κ3) is 10.8. The Morgan fingerprint density at radius 2 is 1.56 bits per heavy atom. The third-order valence-corrected chi connectivity index (χ3v) is 10.9. The van der Waals surface area contributed by atoms with Crippen molar-refractivity contribution in [1.82, 2.24) is 31.1 Å². The van der Waals surface area contributed by atoms with E-state index in [1.165, 1.54) is 11.9 Å². The van der Waals surface area contributed by atoms with E-state index in [-0.39, 0.29) is 62.4 Å². The second kappa shape index (κ2) is 17.7. The Bertz CT molecular complexity index is 1890. The van der Waals surface area contributed by atoms with Gasteiger partial charge in [-0.25, -0.2) is 19.2 Å². The van der Waals surface area contributed by atoms with Gasteiger partial charge in [-0.2, -0.15) is 0 Å². The van der Waals surface area contributed by atoms with Crippen LogP contribution >= 0.6 is 0 Å². The topological polar surface area (TPSA) is 236 Å². The van der Waals surface area contributed by atoms with Crippen LogP contribution in [0.5, 0.6) is 11.5 Å².